The molecule has 0 atom stereocenters. The van der Waals surface area contributed by atoms with Gasteiger partial charge in [0.15, 0.2) is 0 Å². The fourth-order valence-corrected chi connectivity index (χ4v) is 4.56. The van der Waals surface area contributed by atoms with Crippen molar-refractivity contribution in [3.63, 3.8) is 0 Å². The van der Waals surface area contributed by atoms with Crippen molar-refractivity contribution in [3.05, 3.63) is 0 Å². The van der Waals surface area contributed by atoms with Gasteiger partial charge in [-0.1, -0.05) is 40.0 Å². The Labute approximate surface area is 137 Å². The van der Waals surface area contributed by atoms with E-state index in [1.807, 2.05) is 0 Å². The quantitative estimate of drug-likeness (QED) is 0.720. The Morgan fingerprint density at radius 2 is 1.45 bits per heavy atom. The van der Waals surface area contributed by atoms with Crippen LogP contribution in [0, 0.1) is 29.6 Å². The Morgan fingerprint density at radius 1 is 0.909 bits per heavy atom. The highest BCUT2D eigenvalue weighted by Crippen LogP contribution is 2.33. The Hall–Kier alpha value is -0.530. The van der Waals surface area contributed by atoms with Crippen LogP contribution in [0.2, 0.25) is 0 Å². The largest absolute Gasteiger partial charge is 0.356 e. The van der Waals surface area contributed by atoms with E-state index in [1.54, 1.807) is 0 Å². The van der Waals surface area contributed by atoms with E-state index in [0.717, 1.165) is 43.1 Å². The van der Waals surface area contributed by atoms with Crippen LogP contribution in [0.3, 0.4) is 0 Å². The van der Waals surface area contributed by atoms with E-state index in [0.29, 0.717) is 11.8 Å². The van der Waals surface area contributed by atoms with Crippen LogP contribution in [0.4, 0.5) is 0 Å². The molecular weight excluding hydrogens is 270 g/mol. The first kappa shape index (κ1) is 17.8. The summed E-state index contributed by atoms with van der Waals surface area (Å²) >= 11 is 0. The molecule has 2 aliphatic carbocycles. The summed E-state index contributed by atoms with van der Waals surface area (Å²) in [7, 11) is 0. The maximum absolute atomic E-state index is 12.3. The first-order valence-electron chi connectivity index (χ1n) is 9.86. The van der Waals surface area contributed by atoms with Gasteiger partial charge in [0.05, 0.1) is 0 Å². The van der Waals surface area contributed by atoms with E-state index < -0.39 is 0 Å². The third-order valence-electron chi connectivity index (χ3n) is 6.13. The molecule has 22 heavy (non-hydrogen) atoms. The van der Waals surface area contributed by atoms with Gasteiger partial charge in [0.1, 0.15) is 0 Å². The molecule has 2 rings (SSSR count). The van der Waals surface area contributed by atoms with Crippen molar-refractivity contribution in [2.75, 3.05) is 6.54 Å². The van der Waals surface area contributed by atoms with E-state index in [2.05, 4.69) is 26.1 Å². The summed E-state index contributed by atoms with van der Waals surface area (Å²) < 4.78 is 0. The third-order valence-corrected chi connectivity index (χ3v) is 6.13. The topological polar surface area (TPSA) is 29.1 Å². The molecule has 2 aliphatic rings. The highest BCUT2D eigenvalue weighted by molar-refractivity contribution is 5.78. The molecule has 0 unspecified atom stereocenters. The molecule has 1 amide bonds. The van der Waals surface area contributed by atoms with Crippen LogP contribution >= 0.6 is 0 Å². The number of hydrogen-bond acceptors (Lipinski definition) is 1. The SMILES string of the molecule is CCC1CCC(C(=O)NCC2CCC(CC(C)C)CC2)CC1. The Morgan fingerprint density at radius 3 is 2.00 bits per heavy atom. The minimum Gasteiger partial charge on any atom is -0.356 e. The first-order chi connectivity index (χ1) is 10.6. The maximum Gasteiger partial charge on any atom is 0.223 e. The molecule has 0 aromatic carbocycles. The molecule has 0 aromatic heterocycles. The lowest BCUT2D eigenvalue weighted by Gasteiger charge is -2.31. The van der Waals surface area contributed by atoms with Crippen molar-refractivity contribution in [2.45, 2.75) is 85.0 Å². The summed E-state index contributed by atoms with van der Waals surface area (Å²) in [6.45, 7) is 7.88. The molecule has 0 bridgehead atoms. The molecule has 2 fully saturated rings. The van der Waals surface area contributed by atoms with Crippen molar-refractivity contribution in [1.82, 2.24) is 5.32 Å². The van der Waals surface area contributed by atoms with Crippen LogP contribution in [-0.4, -0.2) is 12.5 Å². The van der Waals surface area contributed by atoms with Crippen molar-refractivity contribution < 1.29 is 4.79 Å². The minimum atomic E-state index is 0.306. The van der Waals surface area contributed by atoms with Gasteiger partial charge < -0.3 is 5.32 Å². The second-order valence-electron chi connectivity index (χ2n) is 8.39. The first-order valence-corrected chi connectivity index (χ1v) is 9.86. The normalized spacial score (nSPS) is 32.9. The lowest BCUT2D eigenvalue weighted by Crippen LogP contribution is -2.37. The second-order valence-corrected chi connectivity index (χ2v) is 8.39. The van der Waals surface area contributed by atoms with E-state index in [1.165, 1.54) is 51.4 Å². The number of nitrogens with one attached hydrogen (secondary N) is 1. The van der Waals surface area contributed by atoms with Gasteiger partial charge in [-0.15, -0.1) is 0 Å². The van der Waals surface area contributed by atoms with Gasteiger partial charge in [-0.25, -0.2) is 0 Å². The van der Waals surface area contributed by atoms with E-state index in [9.17, 15) is 4.79 Å². The molecule has 0 heterocycles. The van der Waals surface area contributed by atoms with Crippen LogP contribution in [0.5, 0.6) is 0 Å². The van der Waals surface area contributed by atoms with Crippen LogP contribution in [0.15, 0.2) is 0 Å². The van der Waals surface area contributed by atoms with Gasteiger partial charge >= 0.3 is 0 Å². The van der Waals surface area contributed by atoms with Crippen LogP contribution in [0.1, 0.15) is 85.0 Å². The molecule has 0 aromatic rings. The van der Waals surface area contributed by atoms with Crippen molar-refractivity contribution in [2.24, 2.45) is 29.6 Å². The molecule has 128 valence electrons. The third kappa shape index (κ3) is 5.59. The van der Waals surface area contributed by atoms with Crippen molar-refractivity contribution >= 4 is 5.91 Å². The predicted molar refractivity (Wildman–Crippen MR) is 93.7 cm³/mol. The lowest BCUT2D eigenvalue weighted by molar-refractivity contribution is -0.126. The highest BCUT2D eigenvalue weighted by atomic mass is 16.1. The van der Waals surface area contributed by atoms with E-state index >= 15 is 0 Å². The predicted octanol–water partition coefficient (Wildman–Crippen LogP) is 5.17. The van der Waals surface area contributed by atoms with Crippen molar-refractivity contribution in [3.8, 4) is 0 Å². The van der Waals surface area contributed by atoms with Gasteiger partial charge in [0.25, 0.3) is 0 Å². The fraction of sp³-hybridized carbons (Fsp3) is 0.950. The summed E-state index contributed by atoms with van der Waals surface area (Å²) in [6, 6.07) is 0. The molecule has 2 saturated carbocycles. The standard InChI is InChI=1S/C20H37NO/c1-4-16-9-11-19(12-10-16)20(22)21-14-18-7-5-17(6-8-18)13-15(2)3/h15-19H,4-14H2,1-3H3,(H,21,22). The summed E-state index contributed by atoms with van der Waals surface area (Å²) in [5.41, 5.74) is 0. The summed E-state index contributed by atoms with van der Waals surface area (Å²) in [5, 5.41) is 3.27. The number of carbonyl (C=O) groups is 1. The minimum absolute atomic E-state index is 0.306. The van der Waals surface area contributed by atoms with Gasteiger partial charge in [-0.2, -0.15) is 0 Å². The Bertz CT molecular complexity index is 323. The molecular formula is C20H37NO. The molecule has 0 spiro atoms. The summed E-state index contributed by atoms with van der Waals surface area (Å²) in [6.07, 6.45) is 12.8. The summed E-state index contributed by atoms with van der Waals surface area (Å²) in [4.78, 5) is 12.3. The number of rotatable bonds is 6. The smallest absolute Gasteiger partial charge is 0.223 e. The van der Waals surface area contributed by atoms with Gasteiger partial charge in [0.2, 0.25) is 5.91 Å². The molecule has 0 radical (unpaired) electrons. The van der Waals surface area contributed by atoms with Gasteiger partial charge in [-0.3, -0.25) is 4.79 Å². The zero-order valence-corrected chi connectivity index (χ0v) is 15.1. The molecule has 2 nitrogen and oxygen atoms in total. The molecule has 0 aliphatic heterocycles. The Kier molecular flexibility index (Phi) is 7.24. The van der Waals surface area contributed by atoms with Crippen LogP contribution in [-0.2, 0) is 4.79 Å². The van der Waals surface area contributed by atoms with Crippen LogP contribution < -0.4 is 5.32 Å². The van der Waals surface area contributed by atoms with Crippen LogP contribution in [0.25, 0.3) is 0 Å². The maximum atomic E-state index is 12.3. The van der Waals surface area contributed by atoms with Crippen molar-refractivity contribution in [1.29, 1.82) is 0 Å². The zero-order chi connectivity index (χ0) is 15.9. The van der Waals surface area contributed by atoms with Gasteiger partial charge in [-0.05, 0) is 68.6 Å². The second kappa shape index (κ2) is 8.93. The monoisotopic (exact) mass is 307 g/mol. The highest BCUT2D eigenvalue weighted by Gasteiger charge is 2.27. The summed E-state index contributed by atoms with van der Waals surface area (Å²) in [5.74, 6) is 4.04. The van der Waals surface area contributed by atoms with Gasteiger partial charge in [0, 0.05) is 12.5 Å². The lowest BCUT2D eigenvalue weighted by atomic mass is 9.78. The molecule has 0 saturated heterocycles. The zero-order valence-electron chi connectivity index (χ0n) is 15.1. The number of amides is 1. The average Bonchev–Trinajstić information content (AvgIpc) is 2.53. The molecule has 2 heteroatoms. The number of carbonyl (C=O) groups excluding carboxylic acids is 1. The average molecular weight is 308 g/mol. The van der Waals surface area contributed by atoms with E-state index in [4.69, 9.17) is 0 Å². The molecule has 1 N–H and O–H groups in total. The number of hydrogen-bond donors (Lipinski definition) is 1. The fourth-order valence-electron chi connectivity index (χ4n) is 4.56. The van der Waals surface area contributed by atoms with E-state index in [-0.39, 0.29) is 0 Å². The Balaban J connectivity index is 1.61.